The van der Waals surface area contributed by atoms with Gasteiger partial charge in [0, 0.05) is 18.5 Å². The van der Waals surface area contributed by atoms with Gasteiger partial charge in [0.1, 0.15) is 5.75 Å². The van der Waals surface area contributed by atoms with Gasteiger partial charge in [0.2, 0.25) is 0 Å². The van der Waals surface area contributed by atoms with Crippen molar-refractivity contribution in [2.75, 3.05) is 0 Å². The van der Waals surface area contributed by atoms with Crippen LogP contribution >= 0.6 is 12.4 Å². The SMILES string of the molecule is CCC(=O)c1c(O)c(CN)cc2c1CCCC2.Cl. The zero-order valence-corrected chi connectivity index (χ0v) is 11.5. The highest BCUT2D eigenvalue weighted by atomic mass is 35.5. The maximum absolute atomic E-state index is 12.0. The number of halogens is 1. The van der Waals surface area contributed by atoms with Crippen LogP contribution in [-0.4, -0.2) is 10.9 Å². The first-order valence-corrected chi connectivity index (χ1v) is 6.28. The van der Waals surface area contributed by atoms with Gasteiger partial charge in [-0.25, -0.2) is 0 Å². The van der Waals surface area contributed by atoms with Crippen LogP contribution in [0.2, 0.25) is 0 Å². The summed E-state index contributed by atoms with van der Waals surface area (Å²) in [6.45, 7) is 2.11. The quantitative estimate of drug-likeness (QED) is 0.830. The molecule has 1 aliphatic carbocycles. The van der Waals surface area contributed by atoms with Gasteiger partial charge in [-0.2, -0.15) is 0 Å². The van der Waals surface area contributed by atoms with Crippen LogP contribution < -0.4 is 5.73 Å². The molecule has 18 heavy (non-hydrogen) atoms. The summed E-state index contributed by atoms with van der Waals surface area (Å²) in [5.74, 6) is 0.135. The maximum Gasteiger partial charge on any atom is 0.166 e. The first kappa shape index (κ1) is 15.0. The van der Waals surface area contributed by atoms with Crippen LogP contribution in [0.5, 0.6) is 5.75 Å². The molecule has 0 heterocycles. The Labute approximate surface area is 114 Å². The van der Waals surface area contributed by atoms with E-state index in [9.17, 15) is 9.90 Å². The highest BCUT2D eigenvalue weighted by Crippen LogP contribution is 2.34. The smallest absolute Gasteiger partial charge is 0.166 e. The third-order valence-corrected chi connectivity index (χ3v) is 3.52. The molecule has 2 rings (SSSR count). The number of aryl methyl sites for hydroxylation is 1. The second-order valence-electron chi connectivity index (χ2n) is 4.58. The molecule has 0 aromatic heterocycles. The minimum Gasteiger partial charge on any atom is -0.507 e. The van der Waals surface area contributed by atoms with Crippen LogP contribution in [0, 0.1) is 0 Å². The van der Waals surface area contributed by atoms with Crippen LogP contribution in [0.25, 0.3) is 0 Å². The lowest BCUT2D eigenvalue weighted by Gasteiger charge is -2.21. The van der Waals surface area contributed by atoms with Crippen molar-refractivity contribution >= 4 is 18.2 Å². The molecule has 0 radical (unpaired) electrons. The monoisotopic (exact) mass is 269 g/mol. The average molecular weight is 270 g/mol. The Bertz CT molecular complexity index is 458. The Hall–Kier alpha value is -1.06. The van der Waals surface area contributed by atoms with Gasteiger partial charge in [-0.15, -0.1) is 12.4 Å². The molecule has 100 valence electrons. The van der Waals surface area contributed by atoms with Gasteiger partial charge in [-0.3, -0.25) is 4.79 Å². The number of phenolic OH excluding ortho intramolecular Hbond substituents is 1. The van der Waals surface area contributed by atoms with E-state index in [2.05, 4.69) is 0 Å². The molecular weight excluding hydrogens is 250 g/mol. The van der Waals surface area contributed by atoms with E-state index in [1.807, 2.05) is 13.0 Å². The van der Waals surface area contributed by atoms with Crippen molar-refractivity contribution in [3.8, 4) is 5.75 Å². The van der Waals surface area contributed by atoms with Crippen LogP contribution in [0.4, 0.5) is 0 Å². The number of nitrogens with two attached hydrogens (primary N) is 1. The summed E-state index contributed by atoms with van der Waals surface area (Å²) in [4.78, 5) is 12.0. The van der Waals surface area contributed by atoms with Crippen LogP contribution in [0.3, 0.4) is 0 Å². The molecule has 1 aliphatic rings. The Kier molecular flexibility index (Phi) is 5.17. The van der Waals surface area contributed by atoms with Gasteiger partial charge in [-0.05, 0) is 36.8 Å². The predicted molar refractivity (Wildman–Crippen MR) is 74.5 cm³/mol. The molecule has 1 aromatic rings. The van der Waals surface area contributed by atoms with Crippen LogP contribution in [0.15, 0.2) is 6.07 Å². The topological polar surface area (TPSA) is 63.3 Å². The first-order valence-electron chi connectivity index (χ1n) is 6.28. The number of hydrogen-bond acceptors (Lipinski definition) is 3. The van der Waals surface area contributed by atoms with E-state index in [1.54, 1.807) is 0 Å². The van der Waals surface area contributed by atoms with Crippen molar-refractivity contribution in [2.24, 2.45) is 5.73 Å². The lowest BCUT2D eigenvalue weighted by molar-refractivity contribution is 0.0984. The largest absolute Gasteiger partial charge is 0.507 e. The van der Waals surface area contributed by atoms with Gasteiger partial charge in [0.25, 0.3) is 0 Å². The fourth-order valence-electron chi connectivity index (χ4n) is 2.59. The summed E-state index contributed by atoms with van der Waals surface area (Å²) in [6.07, 6.45) is 4.56. The third kappa shape index (κ3) is 2.52. The summed E-state index contributed by atoms with van der Waals surface area (Å²) in [5.41, 5.74) is 9.11. The molecule has 3 nitrogen and oxygen atoms in total. The minimum atomic E-state index is 0. The molecule has 0 bridgehead atoms. The van der Waals surface area contributed by atoms with Crippen molar-refractivity contribution in [1.82, 2.24) is 0 Å². The number of aromatic hydroxyl groups is 1. The van der Waals surface area contributed by atoms with Gasteiger partial charge in [0.05, 0.1) is 5.56 Å². The third-order valence-electron chi connectivity index (χ3n) is 3.52. The summed E-state index contributed by atoms with van der Waals surface area (Å²) >= 11 is 0. The molecule has 0 atom stereocenters. The number of phenols is 1. The minimum absolute atomic E-state index is 0. The fourth-order valence-corrected chi connectivity index (χ4v) is 2.59. The van der Waals surface area contributed by atoms with E-state index >= 15 is 0 Å². The van der Waals surface area contributed by atoms with Gasteiger partial charge in [0.15, 0.2) is 5.78 Å². The highest BCUT2D eigenvalue weighted by molar-refractivity contribution is 6.00. The van der Waals surface area contributed by atoms with Crippen LogP contribution in [0.1, 0.15) is 53.2 Å². The zero-order valence-electron chi connectivity index (χ0n) is 10.7. The number of rotatable bonds is 3. The average Bonchev–Trinajstić information content (AvgIpc) is 2.37. The Morgan fingerprint density at radius 2 is 2.06 bits per heavy atom. The molecule has 0 spiro atoms. The second-order valence-corrected chi connectivity index (χ2v) is 4.58. The predicted octanol–water partition coefficient (Wildman–Crippen LogP) is 2.74. The molecular formula is C14H20ClNO2. The lowest BCUT2D eigenvalue weighted by atomic mass is 9.84. The summed E-state index contributed by atoms with van der Waals surface area (Å²) in [7, 11) is 0. The summed E-state index contributed by atoms with van der Waals surface area (Å²) in [6, 6.07) is 1.97. The number of fused-ring (bicyclic) bond motifs is 1. The maximum atomic E-state index is 12.0. The van der Waals surface area contributed by atoms with E-state index in [4.69, 9.17) is 5.73 Å². The molecule has 0 fully saturated rings. The summed E-state index contributed by atoms with van der Waals surface area (Å²) < 4.78 is 0. The number of ketones is 1. The van der Waals surface area contributed by atoms with Crippen molar-refractivity contribution in [3.05, 3.63) is 28.3 Å². The Morgan fingerprint density at radius 1 is 1.39 bits per heavy atom. The van der Waals surface area contributed by atoms with Gasteiger partial charge in [-0.1, -0.05) is 13.0 Å². The Balaban J connectivity index is 0.00000162. The number of benzene rings is 1. The molecule has 0 unspecified atom stereocenters. The standard InChI is InChI=1S/C14H19NO2.ClH/c1-2-12(16)13-11-6-4-3-5-9(11)7-10(8-15)14(13)17;/h7,17H,2-6,8,15H2,1H3;1H. The van der Waals surface area contributed by atoms with Gasteiger partial charge >= 0.3 is 0 Å². The number of carbonyl (C=O) groups is 1. The van der Waals surface area contributed by atoms with E-state index in [0.717, 1.165) is 31.2 Å². The van der Waals surface area contributed by atoms with Crippen molar-refractivity contribution in [1.29, 1.82) is 0 Å². The van der Waals surface area contributed by atoms with Crippen molar-refractivity contribution < 1.29 is 9.90 Å². The normalized spacial score (nSPS) is 13.7. The molecule has 0 amide bonds. The first-order chi connectivity index (χ1) is 8.19. The Morgan fingerprint density at radius 3 is 2.67 bits per heavy atom. The number of Topliss-reactive ketones (excluding diaryl/α,β-unsaturated/α-hetero) is 1. The number of carbonyl (C=O) groups excluding carboxylic acids is 1. The van der Waals surface area contributed by atoms with E-state index in [0.29, 0.717) is 17.5 Å². The van der Waals surface area contributed by atoms with Crippen LogP contribution in [-0.2, 0) is 19.4 Å². The fraction of sp³-hybridized carbons (Fsp3) is 0.500. The summed E-state index contributed by atoms with van der Waals surface area (Å²) in [5, 5.41) is 10.1. The molecule has 0 saturated heterocycles. The number of hydrogen-bond donors (Lipinski definition) is 2. The lowest BCUT2D eigenvalue weighted by Crippen LogP contribution is -2.13. The second kappa shape index (κ2) is 6.21. The van der Waals surface area contributed by atoms with Crippen molar-refractivity contribution in [2.45, 2.75) is 45.6 Å². The molecule has 0 aliphatic heterocycles. The molecule has 0 saturated carbocycles. The van der Waals surface area contributed by atoms with E-state index < -0.39 is 0 Å². The molecule has 1 aromatic carbocycles. The van der Waals surface area contributed by atoms with E-state index in [-0.39, 0.29) is 30.5 Å². The molecule has 4 heteroatoms. The van der Waals surface area contributed by atoms with Crippen molar-refractivity contribution in [3.63, 3.8) is 0 Å². The van der Waals surface area contributed by atoms with Gasteiger partial charge < -0.3 is 10.8 Å². The van der Waals surface area contributed by atoms with E-state index in [1.165, 1.54) is 5.56 Å². The zero-order chi connectivity index (χ0) is 12.4. The molecule has 3 N–H and O–H groups in total. The highest BCUT2D eigenvalue weighted by Gasteiger charge is 2.22.